The van der Waals surface area contributed by atoms with Crippen LogP contribution in [-0.4, -0.2) is 72.4 Å². The Labute approximate surface area is 125 Å². The lowest BCUT2D eigenvalue weighted by Gasteiger charge is -2.39. The molecule has 2 N–H and O–H groups in total. The molecule has 1 heterocycles. The predicted octanol–water partition coefficient (Wildman–Crippen LogP) is 1.54. The van der Waals surface area contributed by atoms with E-state index in [1.807, 2.05) is 0 Å². The van der Waals surface area contributed by atoms with E-state index in [2.05, 4.69) is 42.8 Å². The molecule has 1 aliphatic rings. The van der Waals surface area contributed by atoms with Gasteiger partial charge in [-0.3, -0.25) is 4.90 Å². The maximum Gasteiger partial charge on any atom is 0.0611 e. The number of nitrogens with one attached hydrogen (secondary N) is 1. The minimum atomic E-state index is -0.121. The van der Waals surface area contributed by atoms with Crippen molar-refractivity contribution in [1.29, 1.82) is 0 Å². The summed E-state index contributed by atoms with van der Waals surface area (Å²) >= 11 is 0. The predicted molar refractivity (Wildman–Crippen MR) is 86.2 cm³/mol. The fraction of sp³-hybridized carbons (Fsp3) is 1.00. The van der Waals surface area contributed by atoms with Gasteiger partial charge in [0.2, 0.25) is 0 Å². The first kappa shape index (κ1) is 17.9. The molecule has 1 fully saturated rings. The van der Waals surface area contributed by atoms with Gasteiger partial charge in [0.05, 0.1) is 6.61 Å². The minimum absolute atomic E-state index is 0.121. The molecule has 0 radical (unpaired) electrons. The van der Waals surface area contributed by atoms with Crippen molar-refractivity contribution < 1.29 is 5.11 Å². The van der Waals surface area contributed by atoms with Crippen LogP contribution in [0.25, 0.3) is 0 Å². The van der Waals surface area contributed by atoms with Gasteiger partial charge in [-0.15, -0.1) is 0 Å². The molecule has 2 unspecified atom stereocenters. The summed E-state index contributed by atoms with van der Waals surface area (Å²) in [4.78, 5) is 5.14. The number of aliphatic hydroxyl groups excluding tert-OH is 1. The number of aliphatic hydroxyl groups is 1. The van der Waals surface area contributed by atoms with Crippen molar-refractivity contribution in [3.8, 4) is 0 Å². The summed E-state index contributed by atoms with van der Waals surface area (Å²) in [5.74, 6) is 0. The molecule has 0 aromatic carbocycles. The lowest BCUT2D eigenvalue weighted by molar-refractivity contribution is 0.0855. The Morgan fingerprint density at radius 1 is 1.20 bits per heavy atom. The fourth-order valence-corrected chi connectivity index (χ4v) is 2.74. The maximum atomic E-state index is 9.60. The monoisotopic (exact) mass is 285 g/mol. The highest BCUT2D eigenvalue weighted by Gasteiger charge is 2.25. The molecule has 0 spiro atoms. The molecule has 20 heavy (non-hydrogen) atoms. The van der Waals surface area contributed by atoms with Gasteiger partial charge < -0.3 is 15.3 Å². The van der Waals surface area contributed by atoms with E-state index in [1.54, 1.807) is 0 Å². The molecule has 0 aromatic rings. The standard InChI is InChI=1S/C16H35N3O/c1-5-8-17-16(4,14-20)7-9-18-10-12-19(13-11-18)15(3)6-2/h15,17,20H,5-14H2,1-4H3. The molecule has 0 aliphatic carbocycles. The summed E-state index contributed by atoms with van der Waals surface area (Å²) < 4.78 is 0. The molecule has 4 nitrogen and oxygen atoms in total. The smallest absolute Gasteiger partial charge is 0.0611 e. The largest absolute Gasteiger partial charge is 0.394 e. The molecular formula is C16H35N3O. The Hall–Kier alpha value is -0.160. The topological polar surface area (TPSA) is 38.7 Å². The van der Waals surface area contributed by atoms with Crippen molar-refractivity contribution in [3.63, 3.8) is 0 Å². The maximum absolute atomic E-state index is 9.60. The Kier molecular flexibility index (Phi) is 8.03. The van der Waals surface area contributed by atoms with Gasteiger partial charge in [-0.1, -0.05) is 13.8 Å². The average molecular weight is 285 g/mol. The van der Waals surface area contributed by atoms with E-state index < -0.39 is 0 Å². The highest BCUT2D eigenvalue weighted by atomic mass is 16.3. The lowest BCUT2D eigenvalue weighted by atomic mass is 9.98. The quantitative estimate of drug-likeness (QED) is 0.674. The zero-order chi connectivity index (χ0) is 15.0. The van der Waals surface area contributed by atoms with Crippen molar-refractivity contribution >= 4 is 0 Å². The molecule has 1 saturated heterocycles. The molecule has 0 bridgehead atoms. The van der Waals surface area contributed by atoms with Crippen molar-refractivity contribution in [3.05, 3.63) is 0 Å². The van der Waals surface area contributed by atoms with Gasteiger partial charge in [-0.05, 0) is 39.7 Å². The average Bonchev–Trinajstić information content (AvgIpc) is 2.50. The molecule has 1 aliphatic heterocycles. The molecule has 1 rings (SSSR count). The van der Waals surface area contributed by atoms with Gasteiger partial charge in [0, 0.05) is 44.3 Å². The van der Waals surface area contributed by atoms with Gasteiger partial charge in [0.1, 0.15) is 0 Å². The zero-order valence-corrected chi connectivity index (χ0v) is 14.0. The Bertz CT molecular complexity index is 254. The number of piperazine rings is 1. The third kappa shape index (κ3) is 5.68. The summed E-state index contributed by atoms with van der Waals surface area (Å²) in [5.41, 5.74) is -0.121. The Morgan fingerprint density at radius 2 is 1.85 bits per heavy atom. The molecule has 0 saturated carbocycles. The molecule has 120 valence electrons. The van der Waals surface area contributed by atoms with Gasteiger partial charge in [-0.25, -0.2) is 0 Å². The van der Waals surface area contributed by atoms with Crippen LogP contribution in [0.2, 0.25) is 0 Å². The molecule has 0 aromatic heterocycles. The second kappa shape index (κ2) is 8.98. The number of nitrogens with zero attached hydrogens (tertiary/aromatic N) is 2. The second-order valence-corrected chi connectivity index (χ2v) is 6.53. The third-order valence-electron chi connectivity index (χ3n) is 4.75. The van der Waals surface area contributed by atoms with E-state index in [0.717, 1.165) is 25.9 Å². The van der Waals surface area contributed by atoms with E-state index in [1.165, 1.54) is 32.6 Å². The first-order chi connectivity index (χ1) is 9.54. The molecule has 0 amide bonds. The van der Waals surface area contributed by atoms with Gasteiger partial charge >= 0.3 is 0 Å². The number of hydrogen-bond donors (Lipinski definition) is 2. The van der Waals surface area contributed by atoms with Gasteiger partial charge in [0.15, 0.2) is 0 Å². The van der Waals surface area contributed by atoms with Gasteiger partial charge in [-0.2, -0.15) is 0 Å². The normalized spacial score (nSPS) is 22.6. The lowest BCUT2D eigenvalue weighted by Crippen LogP contribution is -2.52. The Balaban J connectivity index is 2.29. The van der Waals surface area contributed by atoms with Gasteiger partial charge in [0.25, 0.3) is 0 Å². The zero-order valence-electron chi connectivity index (χ0n) is 14.0. The summed E-state index contributed by atoms with van der Waals surface area (Å²) in [7, 11) is 0. The van der Waals surface area contributed by atoms with E-state index in [4.69, 9.17) is 0 Å². The SMILES string of the molecule is CCCNC(C)(CO)CCN1CCN(C(C)CC)CC1. The van der Waals surface area contributed by atoms with E-state index >= 15 is 0 Å². The van der Waals surface area contributed by atoms with Crippen LogP contribution in [0.4, 0.5) is 0 Å². The number of hydrogen-bond acceptors (Lipinski definition) is 4. The first-order valence-corrected chi connectivity index (χ1v) is 8.37. The van der Waals surface area contributed by atoms with Crippen LogP contribution in [-0.2, 0) is 0 Å². The van der Waals surface area contributed by atoms with Crippen LogP contribution in [0.3, 0.4) is 0 Å². The van der Waals surface area contributed by atoms with Crippen LogP contribution < -0.4 is 5.32 Å². The molecular weight excluding hydrogens is 250 g/mol. The van der Waals surface area contributed by atoms with E-state index in [-0.39, 0.29) is 12.1 Å². The Morgan fingerprint density at radius 3 is 2.35 bits per heavy atom. The van der Waals surface area contributed by atoms with Crippen molar-refractivity contribution in [2.24, 2.45) is 0 Å². The van der Waals surface area contributed by atoms with Crippen LogP contribution in [0.15, 0.2) is 0 Å². The van der Waals surface area contributed by atoms with E-state index in [9.17, 15) is 5.11 Å². The van der Waals surface area contributed by atoms with Crippen LogP contribution >= 0.6 is 0 Å². The highest BCUT2D eigenvalue weighted by molar-refractivity contribution is 4.84. The van der Waals surface area contributed by atoms with E-state index in [0.29, 0.717) is 6.04 Å². The first-order valence-electron chi connectivity index (χ1n) is 8.37. The number of rotatable bonds is 9. The van der Waals surface area contributed by atoms with Crippen LogP contribution in [0.5, 0.6) is 0 Å². The highest BCUT2D eigenvalue weighted by Crippen LogP contribution is 2.13. The van der Waals surface area contributed by atoms with Crippen molar-refractivity contribution in [1.82, 2.24) is 15.1 Å². The third-order valence-corrected chi connectivity index (χ3v) is 4.75. The van der Waals surface area contributed by atoms with Crippen molar-refractivity contribution in [2.45, 2.75) is 58.5 Å². The fourth-order valence-electron chi connectivity index (χ4n) is 2.74. The summed E-state index contributed by atoms with van der Waals surface area (Å²) in [6.45, 7) is 15.9. The molecule has 4 heteroatoms. The van der Waals surface area contributed by atoms with Crippen LogP contribution in [0.1, 0.15) is 47.0 Å². The summed E-state index contributed by atoms with van der Waals surface area (Å²) in [6.07, 6.45) is 3.37. The molecule has 2 atom stereocenters. The van der Waals surface area contributed by atoms with Crippen molar-refractivity contribution in [2.75, 3.05) is 45.9 Å². The van der Waals surface area contributed by atoms with Crippen LogP contribution in [0, 0.1) is 0 Å². The minimum Gasteiger partial charge on any atom is -0.394 e. The summed E-state index contributed by atoms with van der Waals surface area (Å²) in [5, 5.41) is 13.1. The second-order valence-electron chi connectivity index (χ2n) is 6.53. The summed E-state index contributed by atoms with van der Waals surface area (Å²) in [6, 6.07) is 0.714.